The highest BCUT2D eigenvalue weighted by Gasteiger charge is 2.28. The number of hydrogen-bond donors (Lipinski definition) is 2. The quantitative estimate of drug-likeness (QED) is 0.416. The fourth-order valence-corrected chi connectivity index (χ4v) is 3.19. The molecule has 2 rings (SSSR count). The summed E-state index contributed by atoms with van der Waals surface area (Å²) in [5, 5.41) is 6.22. The zero-order chi connectivity index (χ0) is 21.2. The third kappa shape index (κ3) is 7.07. The van der Waals surface area contributed by atoms with E-state index in [0.717, 1.165) is 43.1 Å². The summed E-state index contributed by atoms with van der Waals surface area (Å²) in [7, 11) is 0. The van der Waals surface area contributed by atoms with Crippen molar-refractivity contribution in [2.45, 2.75) is 47.1 Å². The van der Waals surface area contributed by atoms with Gasteiger partial charge in [0.15, 0.2) is 5.96 Å². The van der Waals surface area contributed by atoms with Gasteiger partial charge < -0.3 is 20.3 Å². The molecule has 0 aromatic heterocycles. The molecular formula is C22H34N4O3. The Bertz CT molecular complexity index is 701. The normalized spacial score (nSPS) is 17.2. The van der Waals surface area contributed by atoms with Gasteiger partial charge in [-0.3, -0.25) is 9.59 Å². The molecule has 29 heavy (non-hydrogen) atoms. The lowest BCUT2D eigenvalue weighted by Gasteiger charge is -2.34. The maximum Gasteiger partial charge on any atom is 0.310 e. The predicted octanol–water partition coefficient (Wildman–Crippen LogP) is 3.02. The highest BCUT2D eigenvalue weighted by molar-refractivity contribution is 5.92. The summed E-state index contributed by atoms with van der Waals surface area (Å²) < 4.78 is 5.20. The Morgan fingerprint density at radius 2 is 1.97 bits per heavy atom. The standard InChI is InChI=1S/C22H34N4O3/c1-5-23-22(26-13-7-8-18(15-26)21(28)29-6-2)24-14-17-9-11-19(12-10-17)25-20(27)16(3)4/h9-12,16,18H,5-8,13-15H2,1-4H3,(H,23,24)(H,25,27). The second-order valence-corrected chi connectivity index (χ2v) is 7.55. The highest BCUT2D eigenvalue weighted by Crippen LogP contribution is 2.18. The van der Waals surface area contributed by atoms with Gasteiger partial charge in [0.25, 0.3) is 0 Å². The second kappa shape index (κ2) is 11.4. The van der Waals surface area contributed by atoms with E-state index in [-0.39, 0.29) is 23.7 Å². The SMILES string of the molecule is CCNC(=NCc1ccc(NC(=O)C(C)C)cc1)N1CCCC(C(=O)OCC)C1. The van der Waals surface area contributed by atoms with Crippen LogP contribution in [-0.4, -0.2) is 49.0 Å². The smallest absolute Gasteiger partial charge is 0.310 e. The van der Waals surface area contributed by atoms with Gasteiger partial charge >= 0.3 is 5.97 Å². The first-order chi connectivity index (χ1) is 13.9. The molecule has 1 aromatic rings. The molecule has 1 aliphatic heterocycles. The van der Waals surface area contributed by atoms with E-state index in [4.69, 9.17) is 9.73 Å². The maximum atomic E-state index is 12.1. The number of rotatable bonds is 7. The molecule has 1 aliphatic rings. The van der Waals surface area contributed by atoms with Gasteiger partial charge in [0.1, 0.15) is 0 Å². The first-order valence-corrected chi connectivity index (χ1v) is 10.5. The predicted molar refractivity (Wildman–Crippen MR) is 116 cm³/mol. The average molecular weight is 403 g/mol. The molecule has 0 spiro atoms. The van der Waals surface area contributed by atoms with Crippen LogP contribution in [0.2, 0.25) is 0 Å². The van der Waals surface area contributed by atoms with E-state index in [9.17, 15) is 9.59 Å². The van der Waals surface area contributed by atoms with E-state index in [2.05, 4.69) is 15.5 Å². The zero-order valence-electron chi connectivity index (χ0n) is 18.0. The Morgan fingerprint density at radius 3 is 2.59 bits per heavy atom. The average Bonchev–Trinajstić information content (AvgIpc) is 2.72. The van der Waals surface area contributed by atoms with Crippen molar-refractivity contribution >= 4 is 23.5 Å². The van der Waals surface area contributed by atoms with Gasteiger partial charge in [-0.05, 0) is 44.4 Å². The molecule has 1 aromatic carbocycles. The molecule has 0 radical (unpaired) electrons. The molecule has 2 N–H and O–H groups in total. The number of aliphatic imine (C=N–C) groups is 1. The van der Waals surface area contributed by atoms with E-state index in [0.29, 0.717) is 19.7 Å². The molecule has 7 nitrogen and oxygen atoms in total. The summed E-state index contributed by atoms with van der Waals surface area (Å²) in [5.74, 6) is 0.554. The summed E-state index contributed by atoms with van der Waals surface area (Å²) in [5.41, 5.74) is 1.85. The van der Waals surface area contributed by atoms with Crippen LogP contribution in [-0.2, 0) is 20.9 Å². The van der Waals surface area contributed by atoms with Crippen molar-refractivity contribution in [1.82, 2.24) is 10.2 Å². The van der Waals surface area contributed by atoms with E-state index >= 15 is 0 Å². The zero-order valence-corrected chi connectivity index (χ0v) is 18.0. The fourth-order valence-electron chi connectivity index (χ4n) is 3.19. The molecule has 0 bridgehead atoms. The number of nitrogens with zero attached hydrogens (tertiary/aromatic N) is 2. The summed E-state index contributed by atoms with van der Waals surface area (Å²) in [6.07, 6.45) is 1.80. The number of esters is 1. The number of hydrogen-bond acceptors (Lipinski definition) is 4. The molecule has 1 atom stereocenters. The van der Waals surface area contributed by atoms with Gasteiger partial charge in [-0.25, -0.2) is 4.99 Å². The molecule has 1 heterocycles. The number of amides is 1. The summed E-state index contributed by atoms with van der Waals surface area (Å²) >= 11 is 0. The maximum absolute atomic E-state index is 12.1. The number of ether oxygens (including phenoxy) is 1. The van der Waals surface area contributed by atoms with Gasteiger partial charge in [-0.1, -0.05) is 26.0 Å². The topological polar surface area (TPSA) is 83.0 Å². The molecule has 7 heteroatoms. The van der Waals surface area contributed by atoms with Crippen molar-refractivity contribution in [2.75, 3.05) is 31.6 Å². The number of carbonyl (C=O) groups excluding carboxylic acids is 2. The van der Waals surface area contributed by atoms with Crippen LogP contribution in [0.1, 0.15) is 46.1 Å². The Morgan fingerprint density at radius 1 is 1.24 bits per heavy atom. The summed E-state index contributed by atoms with van der Waals surface area (Å²) in [6.45, 7) is 10.8. The molecule has 1 saturated heterocycles. The Labute approximate surface area is 173 Å². The van der Waals surface area contributed by atoms with Crippen molar-refractivity contribution in [3.8, 4) is 0 Å². The van der Waals surface area contributed by atoms with Crippen LogP contribution in [0.15, 0.2) is 29.3 Å². The minimum Gasteiger partial charge on any atom is -0.466 e. The monoisotopic (exact) mass is 402 g/mol. The van der Waals surface area contributed by atoms with Crippen molar-refractivity contribution in [3.63, 3.8) is 0 Å². The van der Waals surface area contributed by atoms with Gasteiger partial charge in [0.05, 0.1) is 19.1 Å². The number of carbonyl (C=O) groups is 2. The van der Waals surface area contributed by atoms with E-state index in [1.165, 1.54) is 0 Å². The van der Waals surface area contributed by atoms with Gasteiger partial charge in [-0.2, -0.15) is 0 Å². The van der Waals surface area contributed by atoms with Crippen LogP contribution >= 0.6 is 0 Å². The summed E-state index contributed by atoms with van der Waals surface area (Å²) in [4.78, 5) is 30.8. The second-order valence-electron chi connectivity index (χ2n) is 7.55. The van der Waals surface area contributed by atoms with Gasteiger partial charge in [0.2, 0.25) is 5.91 Å². The van der Waals surface area contributed by atoms with Crippen molar-refractivity contribution in [3.05, 3.63) is 29.8 Å². The fraction of sp³-hybridized carbons (Fsp3) is 0.591. The Balaban J connectivity index is 2.01. The third-order valence-corrected chi connectivity index (χ3v) is 4.83. The molecule has 1 fully saturated rings. The van der Waals surface area contributed by atoms with E-state index in [1.54, 1.807) is 0 Å². The van der Waals surface area contributed by atoms with Crippen molar-refractivity contribution in [1.29, 1.82) is 0 Å². The van der Waals surface area contributed by atoms with Crippen molar-refractivity contribution < 1.29 is 14.3 Å². The van der Waals surface area contributed by atoms with Gasteiger partial charge in [0, 0.05) is 31.2 Å². The molecule has 1 unspecified atom stereocenters. The molecule has 0 aliphatic carbocycles. The van der Waals surface area contributed by atoms with Crippen LogP contribution in [0.25, 0.3) is 0 Å². The largest absolute Gasteiger partial charge is 0.466 e. The molecule has 160 valence electrons. The molecule has 1 amide bonds. The first-order valence-electron chi connectivity index (χ1n) is 10.5. The first kappa shape index (κ1) is 22.7. The summed E-state index contributed by atoms with van der Waals surface area (Å²) in [6, 6.07) is 7.74. The van der Waals surface area contributed by atoms with Crippen molar-refractivity contribution in [2.24, 2.45) is 16.8 Å². The van der Waals surface area contributed by atoms with E-state index in [1.807, 2.05) is 52.0 Å². The Kier molecular flexibility index (Phi) is 8.96. The minimum absolute atomic E-state index is 0.00598. The third-order valence-electron chi connectivity index (χ3n) is 4.83. The number of anilines is 1. The lowest BCUT2D eigenvalue weighted by atomic mass is 9.98. The number of piperidine rings is 1. The van der Waals surface area contributed by atoms with Gasteiger partial charge in [-0.15, -0.1) is 0 Å². The highest BCUT2D eigenvalue weighted by atomic mass is 16.5. The lowest BCUT2D eigenvalue weighted by Crippen LogP contribution is -2.48. The minimum atomic E-state index is -0.118. The van der Waals surface area contributed by atoms with E-state index < -0.39 is 0 Å². The van der Waals surface area contributed by atoms with Crippen LogP contribution in [0.4, 0.5) is 5.69 Å². The van der Waals surface area contributed by atoms with Crippen LogP contribution < -0.4 is 10.6 Å². The lowest BCUT2D eigenvalue weighted by molar-refractivity contribution is -0.149. The number of nitrogens with one attached hydrogen (secondary N) is 2. The van der Waals surface area contributed by atoms with Crippen LogP contribution in [0.5, 0.6) is 0 Å². The molecule has 0 saturated carbocycles. The number of guanidine groups is 1. The Hall–Kier alpha value is -2.57. The number of likely N-dealkylation sites (tertiary alicyclic amines) is 1. The number of benzene rings is 1. The van der Waals surface area contributed by atoms with Crippen LogP contribution in [0, 0.1) is 11.8 Å². The van der Waals surface area contributed by atoms with Crippen LogP contribution in [0.3, 0.4) is 0 Å². The molecular weight excluding hydrogens is 368 g/mol.